The Hall–Kier alpha value is -1.59. The van der Waals surface area contributed by atoms with Crippen LogP contribution in [0, 0.1) is 0 Å². The number of rotatable bonds is 3. The summed E-state index contributed by atoms with van der Waals surface area (Å²) in [7, 11) is 3.81. The number of carbonyl (C=O) groups excluding carboxylic acids is 2. The van der Waals surface area contributed by atoms with Crippen molar-refractivity contribution in [3.63, 3.8) is 0 Å². The zero-order valence-electron chi connectivity index (χ0n) is 10.3. The fourth-order valence-electron chi connectivity index (χ4n) is 1.65. The van der Waals surface area contributed by atoms with E-state index < -0.39 is 0 Å². The number of thioether (sulfide) groups is 1. The molecule has 1 heterocycles. The highest BCUT2D eigenvalue weighted by molar-refractivity contribution is 8.18. The van der Waals surface area contributed by atoms with Crippen molar-refractivity contribution < 1.29 is 14.5 Å². The number of benzene rings is 1. The Kier molecular flexibility index (Phi) is 3.84. The van der Waals surface area contributed by atoms with Gasteiger partial charge in [0.2, 0.25) is 0 Å². The van der Waals surface area contributed by atoms with Gasteiger partial charge in [0.15, 0.2) is 6.67 Å². The van der Waals surface area contributed by atoms with Crippen molar-refractivity contribution in [2.75, 3.05) is 20.8 Å². The molecule has 94 valence electrons. The molecule has 0 radical (unpaired) electrons. The average Bonchev–Trinajstić information content (AvgIpc) is 2.58. The minimum absolute atomic E-state index is 0.191. The first-order valence-electron chi connectivity index (χ1n) is 5.67. The van der Waals surface area contributed by atoms with Gasteiger partial charge in [-0.2, -0.15) is 0 Å². The zero-order valence-corrected chi connectivity index (χ0v) is 11.2. The second-order valence-electron chi connectivity index (χ2n) is 4.39. The highest BCUT2D eigenvalue weighted by atomic mass is 32.2. The highest BCUT2D eigenvalue weighted by Gasteiger charge is 2.36. The summed E-state index contributed by atoms with van der Waals surface area (Å²) in [6.45, 7) is 0.400. The molecule has 2 amide bonds. The van der Waals surface area contributed by atoms with Crippen LogP contribution in [-0.2, 0) is 4.79 Å². The van der Waals surface area contributed by atoms with E-state index >= 15 is 0 Å². The third-order valence-electron chi connectivity index (χ3n) is 2.45. The van der Waals surface area contributed by atoms with E-state index in [1.165, 1.54) is 4.90 Å². The fraction of sp³-hybridized carbons (Fsp3) is 0.231. The van der Waals surface area contributed by atoms with E-state index in [9.17, 15) is 9.59 Å². The van der Waals surface area contributed by atoms with Gasteiger partial charge in [0.25, 0.3) is 11.1 Å². The lowest BCUT2D eigenvalue weighted by Gasteiger charge is -2.14. The number of quaternary nitrogens is 1. The van der Waals surface area contributed by atoms with Crippen LogP contribution < -0.4 is 4.90 Å². The fourth-order valence-corrected chi connectivity index (χ4v) is 2.49. The molecule has 2 rings (SSSR count). The molecule has 4 nitrogen and oxygen atoms in total. The van der Waals surface area contributed by atoms with Gasteiger partial charge in [-0.05, 0) is 23.4 Å². The number of nitrogens with one attached hydrogen (secondary N) is 1. The second-order valence-corrected chi connectivity index (χ2v) is 5.38. The largest absolute Gasteiger partial charge is 0.322 e. The SMILES string of the molecule is C[NH+](C)CN1C(=O)S/C(=C/c2ccccc2)C1=O. The number of hydrogen-bond donors (Lipinski definition) is 1. The number of nitrogens with zero attached hydrogens (tertiary/aromatic N) is 1. The summed E-state index contributed by atoms with van der Waals surface area (Å²) >= 11 is 1.00. The summed E-state index contributed by atoms with van der Waals surface area (Å²) in [5.41, 5.74) is 0.931. The lowest BCUT2D eigenvalue weighted by molar-refractivity contribution is -0.866. The van der Waals surface area contributed by atoms with Crippen LogP contribution in [0.4, 0.5) is 4.79 Å². The molecule has 0 spiro atoms. The van der Waals surface area contributed by atoms with E-state index in [0.29, 0.717) is 11.6 Å². The third-order valence-corrected chi connectivity index (χ3v) is 3.35. The molecule has 0 aliphatic carbocycles. The minimum Gasteiger partial charge on any atom is -0.322 e. The Morgan fingerprint density at radius 3 is 2.50 bits per heavy atom. The molecular formula is C13H15N2O2S+. The molecule has 0 unspecified atom stereocenters. The molecule has 0 bridgehead atoms. The second kappa shape index (κ2) is 5.37. The van der Waals surface area contributed by atoms with Crippen molar-refractivity contribution in [1.29, 1.82) is 0 Å². The van der Waals surface area contributed by atoms with Crippen LogP contribution in [0.1, 0.15) is 5.56 Å². The average molecular weight is 263 g/mol. The van der Waals surface area contributed by atoms with E-state index in [1.54, 1.807) is 6.08 Å². The van der Waals surface area contributed by atoms with Gasteiger partial charge in [0, 0.05) is 0 Å². The Morgan fingerprint density at radius 1 is 1.22 bits per heavy atom. The first kappa shape index (κ1) is 12.9. The molecule has 1 aliphatic heterocycles. The van der Waals surface area contributed by atoms with Crippen LogP contribution in [0.3, 0.4) is 0 Å². The molecule has 1 aliphatic rings. The van der Waals surface area contributed by atoms with E-state index in [2.05, 4.69) is 0 Å². The van der Waals surface area contributed by atoms with Crippen LogP contribution in [0.2, 0.25) is 0 Å². The van der Waals surface area contributed by atoms with Crippen molar-refractivity contribution in [2.45, 2.75) is 0 Å². The monoisotopic (exact) mass is 263 g/mol. The van der Waals surface area contributed by atoms with Crippen LogP contribution in [0.15, 0.2) is 35.2 Å². The van der Waals surface area contributed by atoms with Crippen LogP contribution in [0.25, 0.3) is 6.08 Å². The Morgan fingerprint density at radius 2 is 1.89 bits per heavy atom. The maximum absolute atomic E-state index is 12.1. The van der Waals surface area contributed by atoms with Crippen molar-refractivity contribution in [1.82, 2.24) is 4.90 Å². The van der Waals surface area contributed by atoms with Crippen LogP contribution in [-0.4, -0.2) is 36.8 Å². The molecule has 0 saturated carbocycles. The van der Waals surface area contributed by atoms with Crippen molar-refractivity contribution in [3.8, 4) is 0 Å². The summed E-state index contributed by atoms with van der Waals surface area (Å²) in [6.07, 6.45) is 1.76. The number of carbonyl (C=O) groups is 2. The first-order valence-corrected chi connectivity index (χ1v) is 6.49. The smallest absolute Gasteiger partial charge is 0.298 e. The van der Waals surface area contributed by atoms with Gasteiger partial charge >= 0.3 is 0 Å². The topological polar surface area (TPSA) is 41.8 Å². The highest BCUT2D eigenvalue weighted by Crippen LogP contribution is 2.31. The van der Waals surface area contributed by atoms with Crippen molar-refractivity contribution in [3.05, 3.63) is 40.8 Å². The van der Waals surface area contributed by atoms with E-state index in [4.69, 9.17) is 0 Å². The summed E-state index contributed by atoms with van der Waals surface area (Å²) in [6, 6.07) is 9.54. The Bertz CT molecular complexity index is 497. The molecule has 0 aromatic heterocycles. The predicted molar refractivity (Wildman–Crippen MR) is 71.9 cm³/mol. The molecule has 18 heavy (non-hydrogen) atoms. The number of imide groups is 1. The van der Waals surface area contributed by atoms with Gasteiger partial charge in [-0.15, -0.1) is 0 Å². The predicted octanol–water partition coefficient (Wildman–Crippen LogP) is 0.825. The van der Waals surface area contributed by atoms with Gasteiger partial charge in [-0.1, -0.05) is 30.3 Å². The summed E-state index contributed by atoms with van der Waals surface area (Å²) in [4.78, 5) is 26.6. The molecule has 1 fully saturated rings. The van der Waals surface area contributed by atoms with E-state index in [1.807, 2.05) is 44.4 Å². The van der Waals surface area contributed by atoms with Gasteiger partial charge < -0.3 is 4.90 Å². The van der Waals surface area contributed by atoms with Gasteiger partial charge in [-0.25, -0.2) is 4.90 Å². The zero-order chi connectivity index (χ0) is 13.1. The van der Waals surface area contributed by atoms with Gasteiger partial charge in [0.1, 0.15) is 0 Å². The standard InChI is InChI=1S/C13H14N2O2S/c1-14(2)9-15-12(16)11(18-13(15)17)8-10-6-4-3-5-7-10/h3-8H,9H2,1-2H3/p+1/b11-8+. The van der Waals surface area contributed by atoms with Crippen molar-refractivity contribution in [2.24, 2.45) is 0 Å². The molecule has 5 heteroatoms. The quantitative estimate of drug-likeness (QED) is 0.821. The van der Waals surface area contributed by atoms with Crippen LogP contribution in [0.5, 0.6) is 0 Å². The lowest BCUT2D eigenvalue weighted by Crippen LogP contribution is -3.07. The Labute approximate surface area is 110 Å². The third kappa shape index (κ3) is 2.80. The molecule has 1 saturated heterocycles. The number of hydrogen-bond acceptors (Lipinski definition) is 3. The first-order chi connectivity index (χ1) is 8.58. The molecular weight excluding hydrogens is 248 g/mol. The van der Waals surface area contributed by atoms with Gasteiger partial charge in [0.05, 0.1) is 19.0 Å². The molecule has 0 atom stereocenters. The molecule has 1 aromatic carbocycles. The Balaban J connectivity index is 2.20. The summed E-state index contributed by atoms with van der Waals surface area (Å²) in [5, 5.41) is -0.191. The number of amides is 2. The maximum atomic E-state index is 12.1. The summed E-state index contributed by atoms with van der Waals surface area (Å²) < 4.78 is 0. The van der Waals surface area contributed by atoms with Crippen LogP contribution >= 0.6 is 11.8 Å². The van der Waals surface area contributed by atoms with Crippen molar-refractivity contribution >= 4 is 29.0 Å². The van der Waals surface area contributed by atoms with E-state index in [-0.39, 0.29) is 11.1 Å². The molecule has 1 N–H and O–H groups in total. The maximum Gasteiger partial charge on any atom is 0.298 e. The molecule has 1 aromatic rings. The van der Waals surface area contributed by atoms with E-state index in [0.717, 1.165) is 22.2 Å². The normalized spacial score (nSPS) is 18.2. The lowest BCUT2D eigenvalue weighted by atomic mass is 10.2. The van der Waals surface area contributed by atoms with Gasteiger partial charge in [-0.3, -0.25) is 9.59 Å². The minimum atomic E-state index is -0.199. The summed E-state index contributed by atoms with van der Waals surface area (Å²) in [5.74, 6) is -0.199.